The van der Waals surface area contributed by atoms with Crippen molar-refractivity contribution in [1.82, 2.24) is 4.90 Å². The number of fused-ring (bicyclic) bond motifs is 1. The Kier molecular flexibility index (Phi) is 4.62. The fourth-order valence-electron chi connectivity index (χ4n) is 3.44. The molecular formula is C19H19NO4. The van der Waals surface area contributed by atoms with Crippen LogP contribution in [0.5, 0.6) is 0 Å². The summed E-state index contributed by atoms with van der Waals surface area (Å²) in [6.07, 6.45) is 0.295. The van der Waals surface area contributed by atoms with Gasteiger partial charge < -0.3 is 10.2 Å². The number of aliphatic carboxylic acids is 2. The third kappa shape index (κ3) is 3.16. The first-order valence-corrected chi connectivity index (χ1v) is 7.91. The maximum atomic E-state index is 11.7. The number of nitrogens with zero attached hydrogens (tertiary/aromatic N) is 1. The fourth-order valence-corrected chi connectivity index (χ4v) is 3.44. The molecule has 0 amide bonds. The van der Waals surface area contributed by atoms with Gasteiger partial charge in [0.25, 0.3) is 0 Å². The van der Waals surface area contributed by atoms with Crippen molar-refractivity contribution in [3.8, 4) is 0 Å². The number of hydrogen-bond acceptors (Lipinski definition) is 3. The van der Waals surface area contributed by atoms with Gasteiger partial charge in [-0.15, -0.1) is 0 Å². The van der Waals surface area contributed by atoms with E-state index in [4.69, 9.17) is 5.11 Å². The molecule has 1 heterocycles. The Labute approximate surface area is 140 Å². The van der Waals surface area contributed by atoms with Crippen LogP contribution in [-0.2, 0) is 16.0 Å². The number of carbonyl (C=O) groups is 2. The second kappa shape index (κ2) is 6.84. The molecule has 5 heteroatoms. The molecule has 1 aliphatic heterocycles. The summed E-state index contributed by atoms with van der Waals surface area (Å²) in [5.74, 6) is -2.20. The maximum absolute atomic E-state index is 11.7. The average Bonchev–Trinajstić information content (AvgIpc) is 2.59. The van der Waals surface area contributed by atoms with E-state index in [1.165, 1.54) is 5.56 Å². The van der Waals surface area contributed by atoms with E-state index in [0.717, 1.165) is 11.1 Å². The minimum absolute atomic E-state index is 0.253. The second-order valence-electron chi connectivity index (χ2n) is 5.95. The van der Waals surface area contributed by atoms with Crippen molar-refractivity contribution < 1.29 is 19.8 Å². The van der Waals surface area contributed by atoms with Crippen molar-refractivity contribution in [1.29, 1.82) is 0 Å². The molecule has 0 aromatic heterocycles. The van der Waals surface area contributed by atoms with Gasteiger partial charge in [0.15, 0.2) is 0 Å². The standard InChI is InChI=1S/C19H19NO4/c21-17(22)12-16(19(23)24)20-11-10-13-6-4-5-9-15(13)18(20)14-7-2-1-3-8-14/h1-9,16,18H,10-12H2,(H,21,22)(H,23,24). The minimum Gasteiger partial charge on any atom is -0.481 e. The van der Waals surface area contributed by atoms with E-state index in [1.807, 2.05) is 48.5 Å². The number of carboxylic acids is 2. The number of carboxylic acid groups (broad SMARTS) is 2. The van der Waals surface area contributed by atoms with Crippen LogP contribution in [0.4, 0.5) is 0 Å². The number of benzene rings is 2. The van der Waals surface area contributed by atoms with Crippen molar-refractivity contribution in [2.75, 3.05) is 6.54 Å². The Balaban J connectivity index is 2.08. The second-order valence-corrected chi connectivity index (χ2v) is 5.95. The monoisotopic (exact) mass is 325 g/mol. The van der Waals surface area contributed by atoms with Crippen LogP contribution in [0.25, 0.3) is 0 Å². The largest absolute Gasteiger partial charge is 0.481 e. The Hall–Kier alpha value is -2.66. The Morgan fingerprint density at radius 3 is 2.38 bits per heavy atom. The van der Waals surface area contributed by atoms with Crippen LogP contribution in [0, 0.1) is 0 Å². The summed E-state index contributed by atoms with van der Waals surface area (Å²) in [4.78, 5) is 24.7. The van der Waals surface area contributed by atoms with Crippen LogP contribution in [-0.4, -0.2) is 39.6 Å². The molecule has 24 heavy (non-hydrogen) atoms. The Bertz CT molecular complexity index is 744. The molecule has 0 bridgehead atoms. The summed E-state index contributed by atoms with van der Waals surface area (Å²) < 4.78 is 0. The van der Waals surface area contributed by atoms with E-state index >= 15 is 0 Å². The SMILES string of the molecule is O=C(O)CC(C(=O)O)N1CCc2ccccc2C1c1ccccc1. The molecule has 0 aliphatic carbocycles. The van der Waals surface area contributed by atoms with Crippen molar-refractivity contribution in [2.45, 2.75) is 24.9 Å². The molecule has 2 unspecified atom stereocenters. The summed E-state index contributed by atoms with van der Waals surface area (Å²) in [6.45, 7) is 0.515. The normalized spacial score (nSPS) is 18.6. The molecule has 0 saturated heterocycles. The summed E-state index contributed by atoms with van der Waals surface area (Å²) >= 11 is 0. The average molecular weight is 325 g/mol. The van der Waals surface area contributed by atoms with E-state index < -0.39 is 24.4 Å². The van der Waals surface area contributed by atoms with Crippen LogP contribution in [0.3, 0.4) is 0 Å². The van der Waals surface area contributed by atoms with Crippen molar-refractivity contribution >= 4 is 11.9 Å². The highest BCUT2D eigenvalue weighted by Gasteiger charge is 2.37. The molecule has 2 aromatic carbocycles. The van der Waals surface area contributed by atoms with Crippen molar-refractivity contribution in [3.05, 3.63) is 71.3 Å². The van der Waals surface area contributed by atoms with E-state index in [9.17, 15) is 14.7 Å². The van der Waals surface area contributed by atoms with Gasteiger partial charge in [-0.2, -0.15) is 0 Å². The highest BCUT2D eigenvalue weighted by molar-refractivity contribution is 5.80. The van der Waals surface area contributed by atoms with Crippen LogP contribution < -0.4 is 0 Å². The number of rotatable bonds is 5. The van der Waals surface area contributed by atoms with Crippen LogP contribution >= 0.6 is 0 Å². The van der Waals surface area contributed by atoms with Gasteiger partial charge in [-0.3, -0.25) is 14.5 Å². The summed E-state index contributed by atoms with van der Waals surface area (Å²) in [5.41, 5.74) is 3.20. The molecule has 0 spiro atoms. The molecule has 0 fully saturated rings. The van der Waals surface area contributed by atoms with Crippen molar-refractivity contribution in [3.63, 3.8) is 0 Å². The molecule has 2 aromatic rings. The topological polar surface area (TPSA) is 77.8 Å². The van der Waals surface area contributed by atoms with Gasteiger partial charge >= 0.3 is 11.9 Å². The quantitative estimate of drug-likeness (QED) is 0.883. The van der Waals surface area contributed by atoms with Gasteiger partial charge in [0.1, 0.15) is 6.04 Å². The van der Waals surface area contributed by atoms with Crippen LogP contribution in [0.2, 0.25) is 0 Å². The first-order chi connectivity index (χ1) is 11.6. The lowest BCUT2D eigenvalue weighted by Crippen LogP contribution is -2.48. The smallest absolute Gasteiger partial charge is 0.321 e. The maximum Gasteiger partial charge on any atom is 0.321 e. The van der Waals surface area contributed by atoms with E-state index in [1.54, 1.807) is 4.90 Å². The third-order valence-electron chi connectivity index (χ3n) is 4.49. The van der Waals surface area contributed by atoms with E-state index in [-0.39, 0.29) is 6.04 Å². The van der Waals surface area contributed by atoms with Crippen LogP contribution in [0.1, 0.15) is 29.2 Å². The first-order valence-electron chi connectivity index (χ1n) is 7.91. The summed E-state index contributed by atoms with van der Waals surface area (Å²) in [7, 11) is 0. The highest BCUT2D eigenvalue weighted by Crippen LogP contribution is 2.36. The highest BCUT2D eigenvalue weighted by atomic mass is 16.4. The van der Waals surface area contributed by atoms with E-state index in [0.29, 0.717) is 13.0 Å². The number of hydrogen-bond donors (Lipinski definition) is 2. The van der Waals surface area contributed by atoms with Gasteiger partial charge in [-0.1, -0.05) is 54.6 Å². The molecule has 2 N–H and O–H groups in total. The Morgan fingerprint density at radius 2 is 1.71 bits per heavy atom. The fraction of sp³-hybridized carbons (Fsp3) is 0.263. The zero-order chi connectivity index (χ0) is 17.1. The predicted octanol–water partition coefficient (Wildman–Crippen LogP) is 2.56. The zero-order valence-corrected chi connectivity index (χ0v) is 13.1. The zero-order valence-electron chi connectivity index (χ0n) is 13.1. The van der Waals surface area contributed by atoms with Crippen molar-refractivity contribution in [2.24, 2.45) is 0 Å². The Morgan fingerprint density at radius 1 is 1.04 bits per heavy atom. The molecule has 0 saturated carbocycles. The van der Waals surface area contributed by atoms with E-state index in [2.05, 4.69) is 6.07 Å². The molecule has 5 nitrogen and oxygen atoms in total. The molecule has 0 radical (unpaired) electrons. The first kappa shape index (κ1) is 16.2. The van der Waals surface area contributed by atoms with Gasteiger partial charge in [0.2, 0.25) is 0 Å². The van der Waals surface area contributed by atoms with Gasteiger partial charge in [-0.25, -0.2) is 0 Å². The molecular weight excluding hydrogens is 306 g/mol. The molecule has 3 rings (SSSR count). The van der Waals surface area contributed by atoms with Gasteiger partial charge in [0, 0.05) is 6.54 Å². The lowest BCUT2D eigenvalue weighted by molar-refractivity contribution is -0.150. The minimum atomic E-state index is -1.10. The van der Waals surface area contributed by atoms with Gasteiger partial charge in [0.05, 0.1) is 12.5 Å². The lowest BCUT2D eigenvalue weighted by Gasteiger charge is -2.40. The van der Waals surface area contributed by atoms with Crippen LogP contribution in [0.15, 0.2) is 54.6 Å². The van der Waals surface area contributed by atoms with Gasteiger partial charge in [-0.05, 0) is 23.1 Å². The summed E-state index contributed by atoms with van der Waals surface area (Å²) in [5, 5.41) is 18.7. The molecule has 124 valence electrons. The molecule has 1 aliphatic rings. The predicted molar refractivity (Wildman–Crippen MR) is 88.8 cm³/mol. The molecule has 2 atom stereocenters. The lowest BCUT2D eigenvalue weighted by atomic mass is 9.86. The summed E-state index contributed by atoms with van der Waals surface area (Å²) in [6, 6.07) is 16.3. The third-order valence-corrected chi connectivity index (χ3v) is 4.49.